The number of amides is 2. The van der Waals surface area contributed by atoms with Crippen LogP contribution in [-0.2, 0) is 0 Å². The molecule has 0 aliphatic rings. The molecule has 2 heterocycles. The van der Waals surface area contributed by atoms with Crippen LogP contribution in [0.3, 0.4) is 0 Å². The second kappa shape index (κ2) is 8.93. The smallest absolute Gasteiger partial charge is 0.259 e. The summed E-state index contributed by atoms with van der Waals surface area (Å²) in [6.07, 6.45) is 3.14. The fourth-order valence-corrected chi connectivity index (χ4v) is 3.27. The number of para-hydroxylation sites is 1. The van der Waals surface area contributed by atoms with Gasteiger partial charge in [0.1, 0.15) is 5.82 Å². The Morgan fingerprint density at radius 2 is 1.71 bits per heavy atom. The van der Waals surface area contributed by atoms with Gasteiger partial charge >= 0.3 is 0 Å². The maximum Gasteiger partial charge on any atom is 0.259 e. The molecule has 0 saturated heterocycles. The molecule has 0 aliphatic carbocycles. The van der Waals surface area contributed by atoms with Crippen molar-refractivity contribution < 1.29 is 9.59 Å². The average molecular weight is 476 g/mol. The van der Waals surface area contributed by atoms with Gasteiger partial charge in [0.2, 0.25) is 0 Å². The molecular formula is C23H18BrN5O2. The van der Waals surface area contributed by atoms with Crippen LogP contribution in [0.4, 0.5) is 11.5 Å². The van der Waals surface area contributed by atoms with E-state index in [0.29, 0.717) is 22.6 Å². The van der Waals surface area contributed by atoms with Gasteiger partial charge in [-0.2, -0.15) is 5.10 Å². The lowest BCUT2D eigenvalue weighted by molar-refractivity contribution is 0.101. The summed E-state index contributed by atoms with van der Waals surface area (Å²) in [5, 5.41) is 9.90. The Morgan fingerprint density at radius 1 is 0.903 bits per heavy atom. The van der Waals surface area contributed by atoms with Crippen LogP contribution in [0.25, 0.3) is 5.69 Å². The van der Waals surface area contributed by atoms with Crippen LogP contribution >= 0.6 is 15.9 Å². The van der Waals surface area contributed by atoms with Gasteiger partial charge in [-0.05, 0) is 65.3 Å². The number of hydrogen-bond acceptors (Lipinski definition) is 4. The summed E-state index contributed by atoms with van der Waals surface area (Å²) in [7, 11) is 0. The number of carbonyl (C=O) groups is 2. The van der Waals surface area contributed by atoms with Crippen LogP contribution in [0, 0.1) is 6.92 Å². The van der Waals surface area contributed by atoms with Gasteiger partial charge in [-0.3, -0.25) is 9.59 Å². The number of anilines is 2. The van der Waals surface area contributed by atoms with Crippen molar-refractivity contribution in [1.82, 2.24) is 14.8 Å². The highest BCUT2D eigenvalue weighted by molar-refractivity contribution is 9.10. The van der Waals surface area contributed by atoms with E-state index in [1.807, 2.05) is 37.3 Å². The topological polar surface area (TPSA) is 88.9 Å². The predicted molar refractivity (Wildman–Crippen MR) is 123 cm³/mol. The van der Waals surface area contributed by atoms with Gasteiger partial charge in [0.25, 0.3) is 11.8 Å². The highest BCUT2D eigenvalue weighted by Gasteiger charge is 2.16. The van der Waals surface area contributed by atoms with Gasteiger partial charge in [-0.15, -0.1) is 0 Å². The van der Waals surface area contributed by atoms with Crippen molar-refractivity contribution in [2.24, 2.45) is 0 Å². The van der Waals surface area contributed by atoms with Crippen LogP contribution in [0.5, 0.6) is 0 Å². The van der Waals surface area contributed by atoms with E-state index in [4.69, 9.17) is 0 Å². The molecular weight excluding hydrogens is 458 g/mol. The molecule has 2 amide bonds. The van der Waals surface area contributed by atoms with Gasteiger partial charge in [0.15, 0.2) is 0 Å². The Labute approximate surface area is 187 Å². The van der Waals surface area contributed by atoms with Gasteiger partial charge in [0, 0.05) is 21.9 Å². The molecule has 0 spiro atoms. The first kappa shape index (κ1) is 20.5. The third-order valence-electron chi connectivity index (χ3n) is 4.61. The number of hydrogen-bond donors (Lipinski definition) is 2. The lowest BCUT2D eigenvalue weighted by atomic mass is 10.1. The summed E-state index contributed by atoms with van der Waals surface area (Å²) in [6, 6.07) is 19.8. The monoisotopic (exact) mass is 475 g/mol. The van der Waals surface area contributed by atoms with Crippen molar-refractivity contribution in [2.45, 2.75) is 6.92 Å². The zero-order chi connectivity index (χ0) is 21.8. The van der Waals surface area contributed by atoms with Gasteiger partial charge < -0.3 is 10.6 Å². The molecule has 31 heavy (non-hydrogen) atoms. The van der Waals surface area contributed by atoms with Crippen LogP contribution in [0.15, 0.2) is 83.6 Å². The quantitative estimate of drug-likeness (QED) is 0.432. The summed E-state index contributed by atoms with van der Waals surface area (Å²) in [5.74, 6) is -0.183. The minimum atomic E-state index is -0.320. The van der Waals surface area contributed by atoms with Crippen LogP contribution in [0.1, 0.15) is 26.4 Å². The molecule has 4 rings (SSSR count). The summed E-state index contributed by atoms with van der Waals surface area (Å²) >= 11 is 3.31. The molecule has 0 fully saturated rings. The van der Waals surface area contributed by atoms with E-state index in [0.717, 1.165) is 15.9 Å². The molecule has 4 aromatic rings. The van der Waals surface area contributed by atoms with Crippen LogP contribution < -0.4 is 10.6 Å². The first-order chi connectivity index (χ1) is 15.0. The molecule has 2 aromatic carbocycles. The van der Waals surface area contributed by atoms with E-state index in [1.54, 1.807) is 47.3 Å². The van der Waals surface area contributed by atoms with Gasteiger partial charge in [-0.25, -0.2) is 9.67 Å². The van der Waals surface area contributed by atoms with E-state index in [-0.39, 0.29) is 11.8 Å². The summed E-state index contributed by atoms with van der Waals surface area (Å²) in [6.45, 7) is 1.84. The van der Waals surface area contributed by atoms with Crippen LogP contribution in [0.2, 0.25) is 0 Å². The van der Waals surface area contributed by atoms with E-state index >= 15 is 0 Å². The number of aromatic nitrogens is 3. The summed E-state index contributed by atoms with van der Waals surface area (Å²) in [5.41, 5.74) is 2.96. The first-order valence-corrected chi connectivity index (χ1v) is 10.2. The fraction of sp³-hybridized carbons (Fsp3) is 0.0435. The highest BCUT2D eigenvalue weighted by Crippen LogP contribution is 2.18. The SMILES string of the molecule is Cc1c(C(=O)Nc2cccc(C(=O)Nc3ccc(Br)cn3)c2)cnn1-c1ccccc1. The molecule has 0 aliphatic heterocycles. The molecule has 154 valence electrons. The molecule has 2 aromatic heterocycles. The number of rotatable bonds is 5. The summed E-state index contributed by atoms with van der Waals surface area (Å²) < 4.78 is 2.53. The van der Waals surface area contributed by atoms with Gasteiger partial charge in [-0.1, -0.05) is 24.3 Å². The lowest BCUT2D eigenvalue weighted by Crippen LogP contribution is -2.15. The second-order valence-corrected chi connectivity index (χ2v) is 7.66. The first-order valence-electron chi connectivity index (χ1n) is 9.45. The number of halogens is 1. The highest BCUT2D eigenvalue weighted by atomic mass is 79.9. The number of nitrogens with zero attached hydrogens (tertiary/aromatic N) is 3. The lowest BCUT2D eigenvalue weighted by Gasteiger charge is -2.09. The van der Waals surface area contributed by atoms with Crippen molar-refractivity contribution >= 4 is 39.2 Å². The maximum atomic E-state index is 12.8. The minimum Gasteiger partial charge on any atom is -0.322 e. The Hall–Kier alpha value is -3.78. The second-order valence-electron chi connectivity index (χ2n) is 6.74. The van der Waals surface area contributed by atoms with E-state index in [9.17, 15) is 9.59 Å². The third kappa shape index (κ3) is 4.70. The maximum absolute atomic E-state index is 12.8. The van der Waals surface area contributed by atoms with Crippen molar-refractivity contribution in [1.29, 1.82) is 0 Å². The molecule has 0 radical (unpaired) electrons. The zero-order valence-electron chi connectivity index (χ0n) is 16.5. The minimum absolute atomic E-state index is 0.299. The molecule has 0 unspecified atom stereocenters. The van der Waals surface area contributed by atoms with Crippen LogP contribution in [-0.4, -0.2) is 26.6 Å². The predicted octanol–water partition coefficient (Wildman–Crippen LogP) is 4.84. The Bertz CT molecular complexity index is 1240. The molecule has 0 atom stereocenters. The number of benzene rings is 2. The van der Waals surface area contributed by atoms with E-state index < -0.39 is 0 Å². The Balaban J connectivity index is 1.49. The number of carbonyl (C=O) groups excluding carboxylic acids is 2. The third-order valence-corrected chi connectivity index (χ3v) is 5.08. The average Bonchev–Trinajstić information content (AvgIpc) is 3.17. The van der Waals surface area contributed by atoms with Crippen molar-refractivity contribution in [3.63, 3.8) is 0 Å². The fourth-order valence-electron chi connectivity index (χ4n) is 3.04. The van der Waals surface area contributed by atoms with Crippen molar-refractivity contribution in [3.8, 4) is 5.69 Å². The Kier molecular flexibility index (Phi) is 5.90. The largest absolute Gasteiger partial charge is 0.322 e. The molecule has 0 bridgehead atoms. The standard InChI is InChI=1S/C23H18BrN5O2/c1-15-20(14-26-29(15)19-8-3-2-4-9-19)23(31)27-18-7-5-6-16(12-18)22(30)28-21-11-10-17(24)13-25-21/h2-14H,1H3,(H,27,31)(H,25,28,30). The van der Waals surface area contributed by atoms with E-state index in [2.05, 4.69) is 36.6 Å². The van der Waals surface area contributed by atoms with E-state index in [1.165, 1.54) is 6.20 Å². The van der Waals surface area contributed by atoms with Crippen molar-refractivity contribution in [3.05, 3.63) is 100 Å². The normalized spacial score (nSPS) is 10.5. The number of pyridine rings is 1. The molecule has 7 nitrogen and oxygen atoms in total. The molecule has 8 heteroatoms. The molecule has 2 N–H and O–H groups in total. The van der Waals surface area contributed by atoms with Gasteiger partial charge in [0.05, 0.1) is 23.1 Å². The number of nitrogens with one attached hydrogen (secondary N) is 2. The zero-order valence-corrected chi connectivity index (χ0v) is 18.1. The van der Waals surface area contributed by atoms with Crippen molar-refractivity contribution in [2.75, 3.05) is 10.6 Å². The Morgan fingerprint density at radius 3 is 2.45 bits per heavy atom. The molecule has 0 saturated carbocycles. The summed E-state index contributed by atoms with van der Waals surface area (Å²) in [4.78, 5) is 29.5.